The van der Waals surface area contributed by atoms with Crippen LogP contribution >= 0.6 is 0 Å². The maximum absolute atomic E-state index is 15.1. The van der Waals surface area contributed by atoms with Gasteiger partial charge in [-0.05, 0) is 23.8 Å². The number of fused-ring (bicyclic) bond motifs is 1. The van der Waals surface area contributed by atoms with Crippen molar-refractivity contribution in [2.24, 2.45) is 5.73 Å². The van der Waals surface area contributed by atoms with Gasteiger partial charge in [0.15, 0.2) is 0 Å². The van der Waals surface area contributed by atoms with Gasteiger partial charge >= 0.3 is 12.1 Å². The van der Waals surface area contributed by atoms with E-state index < -0.39 is 23.5 Å². The largest absolute Gasteiger partial charge is 0.497 e. The SMILES string of the molecule is COc1ccc(CC(=O)O)c(OCc2cc(-c3cccc(CN)c3F)c3occ(C(F)(F)F)c3c2)c1. The van der Waals surface area contributed by atoms with E-state index in [9.17, 15) is 23.1 Å². The number of hydrogen-bond acceptors (Lipinski definition) is 5. The van der Waals surface area contributed by atoms with Crippen molar-refractivity contribution < 1.29 is 41.4 Å². The van der Waals surface area contributed by atoms with Crippen molar-refractivity contribution in [3.8, 4) is 22.6 Å². The van der Waals surface area contributed by atoms with Crippen LogP contribution in [-0.4, -0.2) is 18.2 Å². The van der Waals surface area contributed by atoms with E-state index in [1.165, 1.54) is 43.5 Å². The average Bonchev–Trinajstić information content (AvgIpc) is 3.27. The lowest BCUT2D eigenvalue weighted by Crippen LogP contribution is -2.06. The summed E-state index contributed by atoms with van der Waals surface area (Å²) in [6.07, 6.45) is -4.45. The van der Waals surface area contributed by atoms with Gasteiger partial charge in [0.2, 0.25) is 0 Å². The Morgan fingerprint density at radius 2 is 1.86 bits per heavy atom. The summed E-state index contributed by atoms with van der Waals surface area (Å²) < 4.78 is 72.4. The van der Waals surface area contributed by atoms with Crippen molar-refractivity contribution in [1.82, 2.24) is 0 Å². The molecule has 4 rings (SSSR count). The average molecular weight is 503 g/mol. The zero-order chi connectivity index (χ0) is 26.0. The first-order valence-electron chi connectivity index (χ1n) is 10.7. The Hall–Kier alpha value is -4.05. The third-order valence-electron chi connectivity index (χ3n) is 5.64. The van der Waals surface area contributed by atoms with Crippen LogP contribution in [-0.2, 0) is 30.5 Å². The number of aliphatic carboxylic acids is 1. The molecule has 0 aliphatic heterocycles. The van der Waals surface area contributed by atoms with Crippen LogP contribution in [0, 0.1) is 5.82 Å². The fourth-order valence-electron chi connectivity index (χ4n) is 3.91. The van der Waals surface area contributed by atoms with Crippen molar-refractivity contribution in [1.29, 1.82) is 0 Å². The molecule has 0 amide bonds. The second-order valence-corrected chi connectivity index (χ2v) is 7.98. The Balaban J connectivity index is 1.82. The van der Waals surface area contributed by atoms with Gasteiger partial charge in [-0.2, -0.15) is 13.2 Å². The zero-order valence-corrected chi connectivity index (χ0v) is 19.0. The van der Waals surface area contributed by atoms with Crippen LogP contribution in [0.25, 0.3) is 22.1 Å². The van der Waals surface area contributed by atoms with Crippen LogP contribution < -0.4 is 15.2 Å². The summed E-state index contributed by atoms with van der Waals surface area (Å²) in [7, 11) is 1.43. The van der Waals surface area contributed by atoms with E-state index in [0.717, 1.165) is 0 Å². The Kier molecular flexibility index (Phi) is 6.89. The Bertz CT molecular complexity index is 1430. The molecular weight excluding hydrogens is 482 g/mol. The molecule has 36 heavy (non-hydrogen) atoms. The van der Waals surface area contributed by atoms with E-state index in [1.54, 1.807) is 12.1 Å². The zero-order valence-electron chi connectivity index (χ0n) is 19.0. The molecule has 0 atom stereocenters. The number of alkyl halides is 3. The number of methoxy groups -OCH3 is 1. The van der Waals surface area contributed by atoms with Gasteiger partial charge in [0, 0.05) is 40.3 Å². The van der Waals surface area contributed by atoms with Crippen LogP contribution in [0.15, 0.2) is 59.2 Å². The lowest BCUT2D eigenvalue weighted by molar-refractivity contribution is -0.137. The van der Waals surface area contributed by atoms with Crippen molar-refractivity contribution >= 4 is 16.9 Å². The first kappa shape index (κ1) is 25.1. The molecule has 3 aromatic carbocycles. The number of rotatable bonds is 8. The molecule has 0 radical (unpaired) electrons. The van der Waals surface area contributed by atoms with Gasteiger partial charge in [-0.3, -0.25) is 4.79 Å². The minimum atomic E-state index is -4.71. The quantitative estimate of drug-likeness (QED) is 0.290. The number of benzene rings is 3. The molecule has 0 aliphatic carbocycles. The Morgan fingerprint density at radius 1 is 1.08 bits per heavy atom. The second-order valence-electron chi connectivity index (χ2n) is 7.98. The first-order valence-corrected chi connectivity index (χ1v) is 10.7. The van der Waals surface area contributed by atoms with Gasteiger partial charge in [0.05, 0.1) is 13.5 Å². The minimum Gasteiger partial charge on any atom is -0.497 e. The molecule has 1 aromatic heterocycles. The van der Waals surface area contributed by atoms with E-state index in [-0.39, 0.29) is 58.5 Å². The molecule has 0 fully saturated rings. The maximum atomic E-state index is 15.1. The van der Waals surface area contributed by atoms with Crippen LogP contribution in [0.1, 0.15) is 22.3 Å². The molecule has 0 saturated heterocycles. The van der Waals surface area contributed by atoms with Crippen LogP contribution in [0.2, 0.25) is 0 Å². The van der Waals surface area contributed by atoms with Gasteiger partial charge in [0.25, 0.3) is 0 Å². The predicted octanol–water partition coefficient (Wildman–Crippen LogP) is 5.93. The van der Waals surface area contributed by atoms with Crippen LogP contribution in [0.5, 0.6) is 11.5 Å². The van der Waals surface area contributed by atoms with Gasteiger partial charge in [-0.1, -0.05) is 24.3 Å². The van der Waals surface area contributed by atoms with Gasteiger partial charge in [-0.15, -0.1) is 0 Å². The highest BCUT2D eigenvalue weighted by atomic mass is 19.4. The summed E-state index contributed by atoms with van der Waals surface area (Å²) >= 11 is 0. The van der Waals surface area contributed by atoms with Gasteiger partial charge in [0.1, 0.15) is 41.3 Å². The number of furan rings is 1. The summed E-state index contributed by atoms with van der Waals surface area (Å²) in [6.45, 7) is -0.330. The molecule has 188 valence electrons. The molecule has 1 heterocycles. The molecule has 0 spiro atoms. The van der Waals surface area contributed by atoms with Crippen molar-refractivity contribution in [2.45, 2.75) is 25.7 Å². The lowest BCUT2D eigenvalue weighted by atomic mass is 9.97. The summed E-state index contributed by atoms with van der Waals surface area (Å²) in [5, 5.41) is 8.93. The Morgan fingerprint density at radius 3 is 2.53 bits per heavy atom. The number of carbonyl (C=O) groups is 1. The molecule has 3 N–H and O–H groups in total. The summed E-state index contributed by atoms with van der Waals surface area (Å²) in [5.41, 5.74) is 5.42. The summed E-state index contributed by atoms with van der Waals surface area (Å²) in [6, 6.07) is 11.8. The van der Waals surface area contributed by atoms with Crippen molar-refractivity contribution in [3.63, 3.8) is 0 Å². The number of halogens is 4. The van der Waals surface area contributed by atoms with E-state index >= 15 is 4.39 Å². The van der Waals surface area contributed by atoms with E-state index in [0.29, 0.717) is 17.6 Å². The summed E-state index contributed by atoms with van der Waals surface area (Å²) in [5.74, 6) is -1.15. The fourth-order valence-corrected chi connectivity index (χ4v) is 3.91. The topological polar surface area (TPSA) is 94.9 Å². The smallest absolute Gasteiger partial charge is 0.420 e. The number of carboxylic acids is 1. The number of nitrogens with two attached hydrogens (primary N) is 1. The van der Waals surface area contributed by atoms with Gasteiger partial charge < -0.3 is 24.7 Å². The maximum Gasteiger partial charge on any atom is 0.420 e. The molecule has 6 nitrogen and oxygen atoms in total. The second kappa shape index (κ2) is 9.90. The highest BCUT2D eigenvalue weighted by Crippen LogP contribution is 2.41. The lowest BCUT2D eigenvalue weighted by Gasteiger charge is -2.14. The molecule has 0 bridgehead atoms. The first-order chi connectivity index (χ1) is 17.1. The fraction of sp³-hybridized carbons (Fsp3) is 0.192. The standard InChI is InChI=1S/C26H21F4NO5/c1-34-17-6-5-15(9-23(32)33)22(10-17)35-12-14-7-19(18-4-2-3-16(11-31)24(18)27)25-20(8-14)21(13-36-25)26(28,29)30/h2-8,10,13H,9,11-12,31H2,1H3,(H,32,33). The minimum absolute atomic E-state index is 0.0285. The third-order valence-corrected chi connectivity index (χ3v) is 5.64. The highest BCUT2D eigenvalue weighted by molar-refractivity contribution is 5.95. The van der Waals surface area contributed by atoms with Crippen molar-refractivity contribution in [3.05, 3.63) is 82.9 Å². The molecule has 0 saturated carbocycles. The highest BCUT2D eigenvalue weighted by Gasteiger charge is 2.35. The number of carboxylic acid groups (broad SMARTS) is 1. The van der Waals surface area contributed by atoms with Crippen molar-refractivity contribution in [2.75, 3.05) is 7.11 Å². The monoisotopic (exact) mass is 503 g/mol. The van der Waals surface area contributed by atoms with Crippen LogP contribution in [0.3, 0.4) is 0 Å². The number of hydrogen-bond donors (Lipinski definition) is 2. The molecule has 0 unspecified atom stereocenters. The summed E-state index contributed by atoms with van der Waals surface area (Å²) in [4.78, 5) is 11.2. The number of ether oxygens (including phenoxy) is 2. The Labute approximate surface area is 202 Å². The predicted molar refractivity (Wildman–Crippen MR) is 123 cm³/mol. The molecule has 10 heteroatoms. The van der Waals surface area contributed by atoms with E-state index in [2.05, 4.69) is 0 Å². The third kappa shape index (κ3) is 4.99. The van der Waals surface area contributed by atoms with E-state index in [4.69, 9.17) is 19.6 Å². The van der Waals surface area contributed by atoms with E-state index in [1.807, 2.05) is 0 Å². The van der Waals surface area contributed by atoms with Gasteiger partial charge in [-0.25, -0.2) is 4.39 Å². The molecule has 0 aliphatic rings. The van der Waals surface area contributed by atoms with Crippen LogP contribution in [0.4, 0.5) is 17.6 Å². The molecular formula is C26H21F4NO5. The molecule has 4 aromatic rings. The normalized spacial score (nSPS) is 11.6.